The number of piperidine rings is 1. The average molecular weight is 479 g/mol. The van der Waals surface area contributed by atoms with Gasteiger partial charge in [-0.2, -0.15) is 0 Å². The van der Waals surface area contributed by atoms with E-state index in [9.17, 15) is 4.79 Å². The lowest BCUT2D eigenvalue weighted by Crippen LogP contribution is -2.29. The van der Waals surface area contributed by atoms with Crippen LogP contribution in [-0.2, 0) is 7.05 Å². The molecule has 0 N–H and O–H groups in total. The van der Waals surface area contributed by atoms with Gasteiger partial charge in [0, 0.05) is 60.7 Å². The zero-order valence-corrected chi connectivity index (χ0v) is 18.0. The molecule has 1 aliphatic rings. The van der Waals surface area contributed by atoms with E-state index < -0.39 is 0 Å². The van der Waals surface area contributed by atoms with Crippen LogP contribution in [0.15, 0.2) is 47.5 Å². The molecule has 0 saturated carbocycles. The Morgan fingerprint density at radius 1 is 1.08 bits per heavy atom. The van der Waals surface area contributed by atoms with Gasteiger partial charge in [-0.05, 0) is 56.1 Å². The fourth-order valence-electron chi connectivity index (χ4n) is 3.89. The van der Waals surface area contributed by atoms with Gasteiger partial charge in [0.1, 0.15) is 5.52 Å². The first-order chi connectivity index (χ1) is 12.6. The van der Waals surface area contributed by atoms with E-state index in [2.05, 4.69) is 57.4 Å². The smallest absolute Gasteiger partial charge is 0.275 e. The number of fused-ring (bicyclic) bond motifs is 1. The summed E-state index contributed by atoms with van der Waals surface area (Å²) in [5.41, 5.74) is 4.51. The molecule has 3 aromatic rings. The van der Waals surface area contributed by atoms with E-state index in [1.807, 2.05) is 29.5 Å². The summed E-state index contributed by atoms with van der Waals surface area (Å²) in [4.78, 5) is 15.0. The summed E-state index contributed by atoms with van der Waals surface area (Å²) in [7, 11) is 5.55. The van der Waals surface area contributed by atoms with Gasteiger partial charge in [-0.25, -0.2) is 0 Å². The fourth-order valence-corrected chi connectivity index (χ4v) is 5.23. The van der Waals surface area contributed by atoms with Crippen LogP contribution in [-0.4, -0.2) is 33.6 Å². The van der Waals surface area contributed by atoms with Gasteiger partial charge in [0.05, 0.1) is 0 Å². The maximum Gasteiger partial charge on any atom is 0.275 e. The number of hydrogen-bond donors (Lipinski definition) is 0. The molecule has 6 heteroatoms. The summed E-state index contributed by atoms with van der Waals surface area (Å²) in [6.07, 6.45) is 6.39. The molecular weight excluding hydrogens is 457 g/mol. The predicted molar refractivity (Wildman–Crippen MR) is 119 cm³/mol. The fraction of sp³-hybridized carbons (Fsp3) is 0.350. The first kappa shape index (κ1) is 18.1. The summed E-state index contributed by atoms with van der Waals surface area (Å²) >= 11 is 2.21. The number of benzene rings is 1. The monoisotopic (exact) mass is 479 g/mol. The van der Waals surface area contributed by atoms with E-state index in [1.165, 1.54) is 46.2 Å². The third-order valence-corrected chi connectivity index (χ3v) is 7.20. The van der Waals surface area contributed by atoms with Crippen molar-refractivity contribution >= 4 is 41.2 Å². The SMILES string of the molecule is CN1CCC(c2ccc(-c3cn(C)c(=O)c4c3ccn4SI)cc2)CC1. The molecule has 4 nitrogen and oxygen atoms in total. The molecule has 0 amide bonds. The Hall–Kier alpha value is -1.25. The van der Waals surface area contributed by atoms with Gasteiger partial charge in [-0.15, -0.1) is 0 Å². The van der Waals surface area contributed by atoms with Crippen molar-refractivity contribution in [3.05, 3.63) is 58.6 Å². The maximum atomic E-state index is 12.6. The van der Waals surface area contributed by atoms with Gasteiger partial charge in [-0.1, -0.05) is 24.3 Å². The highest BCUT2D eigenvalue weighted by Crippen LogP contribution is 2.33. The average Bonchev–Trinajstić information content (AvgIpc) is 3.10. The molecule has 1 fully saturated rings. The third-order valence-electron chi connectivity index (χ3n) is 5.47. The van der Waals surface area contributed by atoms with Crippen molar-refractivity contribution in [2.24, 2.45) is 7.05 Å². The molecule has 1 saturated heterocycles. The second-order valence-corrected chi connectivity index (χ2v) is 8.84. The topological polar surface area (TPSA) is 30.2 Å². The van der Waals surface area contributed by atoms with Crippen molar-refractivity contribution in [3.63, 3.8) is 0 Å². The molecule has 0 bridgehead atoms. The van der Waals surface area contributed by atoms with Gasteiger partial charge >= 0.3 is 0 Å². The molecule has 0 aliphatic carbocycles. The highest BCUT2D eigenvalue weighted by molar-refractivity contribution is 14.2. The lowest BCUT2D eigenvalue weighted by atomic mass is 9.88. The van der Waals surface area contributed by atoms with Crippen LogP contribution >= 0.6 is 30.3 Å². The number of likely N-dealkylation sites (tertiary alicyclic amines) is 1. The van der Waals surface area contributed by atoms with Gasteiger partial charge in [0.15, 0.2) is 0 Å². The molecular formula is C20H22IN3OS. The van der Waals surface area contributed by atoms with E-state index in [4.69, 9.17) is 0 Å². The number of nitrogens with zero attached hydrogens (tertiary/aromatic N) is 3. The molecule has 4 rings (SSSR count). The summed E-state index contributed by atoms with van der Waals surface area (Å²) in [6.45, 7) is 2.35. The standard InChI is InChI=1S/C20H22IN3OS/c1-22-10-7-15(8-11-22)14-3-5-16(6-4-14)18-13-23(2)20(25)19-17(18)9-12-24(19)26-21/h3-6,9,12-13,15H,7-8,10-11H2,1-2H3. The van der Waals surface area contributed by atoms with Crippen molar-refractivity contribution in [3.8, 4) is 11.1 Å². The van der Waals surface area contributed by atoms with Gasteiger partial charge < -0.3 is 9.47 Å². The van der Waals surface area contributed by atoms with Crippen LogP contribution in [0.1, 0.15) is 24.3 Å². The Labute approximate surface area is 169 Å². The highest BCUT2D eigenvalue weighted by atomic mass is 127. The third kappa shape index (κ3) is 3.23. The molecule has 0 unspecified atom stereocenters. The van der Waals surface area contributed by atoms with Crippen molar-refractivity contribution in [1.82, 2.24) is 13.4 Å². The van der Waals surface area contributed by atoms with E-state index >= 15 is 0 Å². The number of rotatable bonds is 3. The van der Waals surface area contributed by atoms with Crippen LogP contribution in [0, 0.1) is 0 Å². The molecule has 0 spiro atoms. The zero-order chi connectivity index (χ0) is 18.3. The van der Waals surface area contributed by atoms with Crippen LogP contribution in [0.2, 0.25) is 0 Å². The second-order valence-electron chi connectivity index (χ2n) is 7.13. The van der Waals surface area contributed by atoms with Crippen molar-refractivity contribution in [1.29, 1.82) is 0 Å². The van der Waals surface area contributed by atoms with Gasteiger partial charge in [0.2, 0.25) is 0 Å². The second kappa shape index (κ2) is 7.40. The van der Waals surface area contributed by atoms with Crippen LogP contribution < -0.4 is 5.56 Å². The Balaban J connectivity index is 1.73. The number of aryl methyl sites for hydroxylation is 1. The van der Waals surface area contributed by atoms with Crippen molar-refractivity contribution in [2.45, 2.75) is 18.8 Å². The largest absolute Gasteiger partial charge is 0.316 e. The summed E-state index contributed by atoms with van der Waals surface area (Å²) in [5.74, 6) is 0.664. The Morgan fingerprint density at radius 2 is 1.77 bits per heavy atom. The van der Waals surface area contributed by atoms with Crippen LogP contribution in [0.5, 0.6) is 0 Å². The lowest BCUT2D eigenvalue weighted by Gasteiger charge is -2.29. The number of aromatic nitrogens is 2. The minimum atomic E-state index is 0.0425. The quantitative estimate of drug-likeness (QED) is 0.512. The lowest BCUT2D eigenvalue weighted by molar-refractivity contribution is 0.255. The molecule has 3 heterocycles. The number of halogens is 1. The van der Waals surface area contributed by atoms with E-state index in [0.29, 0.717) is 5.92 Å². The summed E-state index contributed by atoms with van der Waals surface area (Å²) < 4.78 is 3.63. The van der Waals surface area contributed by atoms with Crippen LogP contribution in [0.4, 0.5) is 0 Å². The van der Waals surface area contributed by atoms with Gasteiger partial charge in [-0.3, -0.25) is 8.77 Å². The summed E-state index contributed by atoms with van der Waals surface area (Å²) in [6, 6.07) is 11.0. The molecule has 0 radical (unpaired) electrons. The molecule has 26 heavy (non-hydrogen) atoms. The molecule has 0 atom stereocenters. The van der Waals surface area contributed by atoms with Crippen molar-refractivity contribution in [2.75, 3.05) is 20.1 Å². The normalized spacial score (nSPS) is 16.4. The Morgan fingerprint density at radius 3 is 2.42 bits per heavy atom. The maximum absolute atomic E-state index is 12.6. The van der Waals surface area contributed by atoms with E-state index in [1.54, 1.807) is 4.57 Å². The first-order valence-electron chi connectivity index (χ1n) is 8.87. The highest BCUT2D eigenvalue weighted by Gasteiger charge is 2.19. The van der Waals surface area contributed by atoms with Crippen molar-refractivity contribution < 1.29 is 0 Å². The van der Waals surface area contributed by atoms with Gasteiger partial charge in [0.25, 0.3) is 5.56 Å². The van der Waals surface area contributed by atoms with Crippen LogP contribution in [0.3, 0.4) is 0 Å². The zero-order valence-electron chi connectivity index (χ0n) is 15.0. The number of pyridine rings is 1. The Kier molecular flexibility index (Phi) is 5.16. The molecule has 136 valence electrons. The van der Waals surface area contributed by atoms with Crippen LogP contribution in [0.25, 0.3) is 22.0 Å². The minimum Gasteiger partial charge on any atom is -0.316 e. The summed E-state index contributed by atoms with van der Waals surface area (Å²) in [5, 5.41) is 1.02. The van der Waals surface area contributed by atoms with E-state index in [0.717, 1.165) is 16.5 Å². The predicted octanol–water partition coefficient (Wildman–Crippen LogP) is 4.66. The van der Waals surface area contributed by atoms with E-state index in [-0.39, 0.29) is 5.56 Å². The Bertz CT molecular complexity index is 985. The first-order valence-corrected chi connectivity index (χ1v) is 12.2. The molecule has 1 aliphatic heterocycles. The molecule has 1 aromatic carbocycles. The minimum absolute atomic E-state index is 0.0425. The molecule has 2 aromatic heterocycles. The number of hydrogen-bond acceptors (Lipinski definition) is 3.